The molecule has 0 aliphatic carbocycles. The Balaban J connectivity index is 1.70. The van der Waals surface area contributed by atoms with Crippen molar-refractivity contribution in [2.45, 2.75) is 6.42 Å². The van der Waals surface area contributed by atoms with Crippen LogP contribution in [0.1, 0.15) is 12.0 Å². The number of para-hydroxylation sites is 2. The van der Waals surface area contributed by atoms with Crippen molar-refractivity contribution in [3.05, 3.63) is 59.9 Å². The molecule has 2 aromatic rings. The standard InChI is InChI=1S/C16H14FN3OS/c17-12-6-2-3-7-14(12)18-16(22)20-19-13-9-10-21-15-8-4-1-5-11(13)15/h1-8H,9-10H2,(H2,18,20,22). The van der Waals surface area contributed by atoms with Gasteiger partial charge in [0.25, 0.3) is 0 Å². The van der Waals surface area contributed by atoms with Crippen molar-refractivity contribution >= 4 is 28.7 Å². The van der Waals surface area contributed by atoms with Gasteiger partial charge in [0, 0.05) is 12.0 Å². The molecule has 1 aliphatic rings. The Morgan fingerprint density at radius 1 is 1.14 bits per heavy atom. The molecule has 0 saturated carbocycles. The zero-order valence-corrected chi connectivity index (χ0v) is 12.5. The van der Waals surface area contributed by atoms with Crippen molar-refractivity contribution in [3.8, 4) is 5.75 Å². The van der Waals surface area contributed by atoms with Crippen molar-refractivity contribution in [1.29, 1.82) is 0 Å². The normalized spacial score (nSPS) is 14.9. The van der Waals surface area contributed by atoms with Crippen LogP contribution < -0.4 is 15.5 Å². The topological polar surface area (TPSA) is 45.7 Å². The summed E-state index contributed by atoms with van der Waals surface area (Å²) in [6.45, 7) is 0.574. The Hall–Kier alpha value is -2.47. The first-order chi connectivity index (χ1) is 10.7. The SMILES string of the molecule is Fc1ccccc1NC(=S)NN=C1CCOc2ccccc21. The Morgan fingerprint density at radius 2 is 1.91 bits per heavy atom. The van der Waals surface area contributed by atoms with Gasteiger partial charge in [-0.1, -0.05) is 24.3 Å². The number of fused-ring (bicyclic) bond motifs is 1. The minimum Gasteiger partial charge on any atom is -0.492 e. The number of halogens is 1. The molecule has 112 valence electrons. The smallest absolute Gasteiger partial charge is 0.191 e. The second-order valence-electron chi connectivity index (χ2n) is 4.70. The van der Waals surface area contributed by atoms with Crippen LogP contribution in [0, 0.1) is 5.82 Å². The molecular formula is C16H14FN3OS. The molecule has 1 heterocycles. The van der Waals surface area contributed by atoms with Gasteiger partial charge in [0.2, 0.25) is 0 Å². The molecule has 0 saturated heterocycles. The maximum Gasteiger partial charge on any atom is 0.191 e. The molecule has 6 heteroatoms. The molecule has 1 aliphatic heterocycles. The second-order valence-corrected chi connectivity index (χ2v) is 5.11. The zero-order valence-electron chi connectivity index (χ0n) is 11.7. The van der Waals surface area contributed by atoms with E-state index in [1.807, 2.05) is 24.3 Å². The van der Waals surface area contributed by atoms with Gasteiger partial charge in [-0.2, -0.15) is 5.10 Å². The minimum atomic E-state index is -0.365. The van der Waals surface area contributed by atoms with Gasteiger partial charge in [-0.25, -0.2) is 4.39 Å². The van der Waals surface area contributed by atoms with Crippen molar-refractivity contribution in [2.24, 2.45) is 5.10 Å². The van der Waals surface area contributed by atoms with E-state index in [0.717, 1.165) is 17.0 Å². The number of hydrogen-bond donors (Lipinski definition) is 2. The number of benzene rings is 2. The van der Waals surface area contributed by atoms with Gasteiger partial charge >= 0.3 is 0 Å². The van der Waals surface area contributed by atoms with Crippen LogP contribution >= 0.6 is 12.2 Å². The Kier molecular flexibility index (Phi) is 4.29. The lowest BCUT2D eigenvalue weighted by Gasteiger charge is -2.19. The van der Waals surface area contributed by atoms with Gasteiger partial charge in [-0.3, -0.25) is 5.43 Å². The van der Waals surface area contributed by atoms with E-state index in [0.29, 0.717) is 18.7 Å². The van der Waals surface area contributed by atoms with Gasteiger partial charge in [-0.15, -0.1) is 0 Å². The summed E-state index contributed by atoms with van der Waals surface area (Å²) in [5, 5.41) is 7.33. The highest BCUT2D eigenvalue weighted by molar-refractivity contribution is 7.80. The van der Waals surface area contributed by atoms with E-state index in [1.165, 1.54) is 6.07 Å². The molecule has 0 spiro atoms. The fourth-order valence-electron chi connectivity index (χ4n) is 2.17. The predicted molar refractivity (Wildman–Crippen MR) is 88.8 cm³/mol. The third kappa shape index (κ3) is 3.23. The molecule has 2 N–H and O–H groups in total. The monoisotopic (exact) mass is 315 g/mol. The number of hydrazone groups is 1. The van der Waals surface area contributed by atoms with Crippen molar-refractivity contribution in [2.75, 3.05) is 11.9 Å². The van der Waals surface area contributed by atoms with E-state index in [2.05, 4.69) is 15.8 Å². The van der Waals surface area contributed by atoms with E-state index in [4.69, 9.17) is 17.0 Å². The highest BCUT2D eigenvalue weighted by Gasteiger charge is 2.16. The quantitative estimate of drug-likeness (QED) is 0.659. The summed E-state index contributed by atoms with van der Waals surface area (Å²) in [6, 6.07) is 14.0. The summed E-state index contributed by atoms with van der Waals surface area (Å²) >= 11 is 5.14. The maximum atomic E-state index is 13.5. The highest BCUT2D eigenvalue weighted by Crippen LogP contribution is 2.24. The Morgan fingerprint density at radius 3 is 2.77 bits per heavy atom. The summed E-state index contributed by atoms with van der Waals surface area (Å²) in [5.41, 5.74) is 4.87. The largest absolute Gasteiger partial charge is 0.492 e. The Bertz CT molecular complexity index is 733. The van der Waals surface area contributed by atoms with E-state index in [-0.39, 0.29) is 10.9 Å². The van der Waals surface area contributed by atoms with Crippen LogP contribution in [0.25, 0.3) is 0 Å². The van der Waals surface area contributed by atoms with Crippen molar-refractivity contribution < 1.29 is 9.13 Å². The molecule has 0 atom stereocenters. The molecular weight excluding hydrogens is 301 g/mol. The summed E-state index contributed by atoms with van der Waals surface area (Å²) in [6.07, 6.45) is 0.687. The third-order valence-electron chi connectivity index (χ3n) is 3.21. The lowest BCUT2D eigenvalue weighted by molar-refractivity contribution is 0.320. The third-order valence-corrected chi connectivity index (χ3v) is 3.40. The number of ether oxygens (including phenoxy) is 1. The van der Waals surface area contributed by atoms with Gasteiger partial charge in [0.1, 0.15) is 11.6 Å². The maximum absolute atomic E-state index is 13.5. The van der Waals surface area contributed by atoms with Crippen LogP contribution in [0.2, 0.25) is 0 Å². The number of nitrogens with one attached hydrogen (secondary N) is 2. The number of anilines is 1. The van der Waals surface area contributed by atoms with Crippen LogP contribution in [-0.2, 0) is 0 Å². The summed E-state index contributed by atoms with van der Waals surface area (Å²) in [5.74, 6) is 0.443. The molecule has 3 rings (SSSR count). The molecule has 22 heavy (non-hydrogen) atoms. The summed E-state index contributed by atoms with van der Waals surface area (Å²) in [7, 11) is 0. The van der Waals surface area contributed by atoms with Crippen LogP contribution in [0.4, 0.5) is 10.1 Å². The van der Waals surface area contributed by atoms with Crippen LogP contribution in [0.5, 0.6) is 5.75 Å². The number of nitrogens with zero attached hydrogens (tertiary/aromatic N) is 1. The average Bonchev–Trinajstić information content (AvgIpc) is 2.55. The molecule has 2 aromatic carbocycles. The first-order valence-electron chi connectivity index (χ1n) is 6.84. The first-order valence-corrected chi connectivity index (χ1v) is 7.25. The van der Waals surface area contributed by atoms with Crippen molar-refractivity contribution in [3.63, 3.8) is 0 Å². The zero-order chi connectivity index (χ0) is 15.4. The molecule has 0 bridgehead atoms. The fourth-order valence-corrected chi connectivity index (χ4v) is 2.33. The molecule has 4 nitrogen and oxygen atoms in total. The number of hydrogen-bond acceptors (Lipinski definition) is 3. The highest BCUT2D eigenvalue weighted by atomic mass is 32.1. The lowest BCUT2D eigenvalue weighted by Crippen LogP contribution is -2.27. The Labute approximate surface area is 133 Å². The second kappa shape index (κ2) is 6.53. The van der Waals surface area contributed by atoms with Crippen LogP contribution in [-0.4, -0.2) is 17.4 Å². The number of rotatable bonds is 2. The number of thiocarbonyl (C=S) groups is 1. The van der Waals surface area contributed by atoms with E-state index in [9.17, 15) is 4.39 Å². The lowest BCUT2D eigenvalue weighted by atomic mass is 10.0. The van der Waals surface area contributed by atoms with Crippen LogP contribution in [0.3, 0.4) is 0 Å². The van der Waals surface area contributed by atoms with Crippen LogP contribution in [0.15, 0.2) is 53.6 Å². The molecule has 0 unspecified atom stereocenters. The van der Waals surface area contributed by atoms with E-state index in [1.54, 1.807) is 18.2 Å². The fraction of sp³-hybridized carbons (Fsp3) is 0.125. The predicted octanol–water partition coefficient (Wildman–Crippen LogP) is 3.30. The molecule has 0 fully saturated rings. The van der Waals surface area contributed by atoms with Gasteiger partial charge < -0.3 is 10.1 Å². The average molecular weight is 315 g/mol. The van der Waals surface area contributed by atoms with Crippen molar-refractivity contribution in [1.82, 2.24) is 5.43 Å². The molecule has 0 radical (unpaired) electrons. The summed E-state index contributed by atoms with van der Waals surface area (Å²) < 4.78 is 19.1. The minimum absolute atomic E-state index is 0.238. The first kappa shape index (κ1) is 14.5. The van der Waals surface area contributed by atoms with Gasteiger partial charge in [0.15, 0.2) is 5.11 Å². The molecule has 0 aromatic heterocycles. The van der Waals surface area contributed by atoms with E-state index < -0.39 is 0 Å². The summed E-state index contributed by atoms with van der Waals surface area (Å²) in [4.78, 5) is 0. The van der Waals surface area contributed by atoms with Gasteiger partial charge in [0.05, 0.1) is 18.0 Å². The van der Waals surface area contributed by atoms with E-state index >= 15 is 0 Å². The molecule has 0 amide bonds. The van der Waals surface area contributed by atoms with Gasteiger partial charge in [-0.05, 0) is 36.5 Å².